The molecule has 28 heavy (non-hydrogen) atoms. The average Bonchev–Trinajstić information content (AvgIpc) is 3.07. The van der Waals surface area contributed by atoms with Gasteiger partial charge in [0.2, 0.25) is 5.91 Å². The van der Waals surface area contributed by atoms with Crippen LogP contribution in [0.3, 0.4) is 0 Å². The number of carbonyl (C=O) groups excluding carboxylic acids is 1. The number of imidazole rings is 1. The summed E-state index contributed by atoms with van der Waals surface area (Å²) in [6.07, 6.45) is 2.05. The Kier molecular flexibility index (Phi) is 5.72. The number of nitrogens with zero attached hydrogens (tertiary/aromatic N) is 4. The van der Waals surface area contributed by atoms with Crippen LogP contribution in [0.25, 0.3) is 11.0 Å². The lowest BCUT2D eigenvalue weighted by molar-refractivity contribution is -0.130. The van der Waals surface area contributed by atoms with E-state index in [0.29, 0.717) is 0 Å². The van der Waals surface area contributed by atoms with Crippen molar-refractivity contribution in [3.05, 3.63) is 66.0 Å². The van der Waals surface area contributed by atoms with Gasteiger partial charge < -0.3 is 9.47 Å². The van der Waals surface area contributed by atoms with Crippen LogP contribution < -0.4 is 0 Å². The summed E-state index contributed by atoms with van der Waals surface area (Å²) in [5.74, 6) is 1.35. The molecule has 5 heteroatoms. The number of fused-ring (bicyclic) bond motifs is 1. The maximum Gasteiger partial charge on any atom is 0.219 e. The smallest absolute Gasteiger partial charge is 0.219 e. The van der Waals surface area contributed by atoms with Gasteiger partial charge in [-0.25, -0.2) is 4.98 Å². The molecule has 1 aliphatic heterocycles. The second-order valence-corrected chi connectivity index (χ2v) is 7.54. The van der Waals surface area contributed by atoms with Crippen molar-refractivity contribution in [2.24, 2.45) is 0 Å². The van der Waals surface area contributed by atoms with Gasteiger partial charge in [-0.15, -0.1) is 0 Å². The van der Waals surface area contributed by atoms with Crippen LogP contribution in [0.4, 0.5) is 0 Å². The van der Waals surface area contributed by atoms with Crippen molar-refractivity contribution in [3.63, 3.8) is 0 Å². The highest BCUT2D eigenvalue weighted by Crippen LogP contribution is 2.19. The maximum atomic E-state index is 11.5. The maximum absolute atomic E-state index is 11.5. The quantitative estimate of drug-likeness (QED) is 0.663. The zero-order valence-corrected chi connectivity index (χ0v) is 16.6. The van der Waals surface area contributed by atoms with Crippen LogP contribution in [-0.4, -0.2) is 58.0 Å². The predicted octanol–water partition coefficient (Wildman–Crippen LogP) is 3.18. The van der Waals surface area contributed by atoms with E-state index in [4.69, 9.17) is 4.98 Å². The Morgan fingerprint density at radius 2 is 1.68 bits per heavy atom. The summed E-state index contributed by atoms with van der Waals surface area (Å²) in [7, 11) is 0. The molecule has 1 fully saturated rings. The molecule has 0 atom stereocenters. The van der Waals surface area contributed by atoms with Crippen LogP contribution in [0.5, 0.6) is 0 Å². The summed E-state index contributed by atoms with van der Waals surface area (Å²) in [5, 5.41) is 0. The van der Waals surface area contributed by atoms with Crippen LogP contribution in [0.15, 0.2) is 54.6 Å². The van der Waals surface area contributed by atoms with Gasteiger partial charge in [0.1, 0.15) is 5.82 Å². The fourth-order valence-corrected chi connectivity index (χ4v) is 4.01. The number of benzene rings is 2. The number of hydrogen-bond acceptors (Lipinski definition) is 3. The molecule has 0 radical (unpaired) electrons. The summed E-state index contributed by atoms with van der Waals surface area (Å²) < 4.78 is 2.36. The molecular formula is C23H28N4O. The lowest BCUT2D eigenvalue weighted by atomic mass is 10.2. The first-order valence-electron chi connectivity index (χ1n) is 10.2. The Hall–Kier alpha value is -2.66. The molecule has 146 valence electrons. The molecule has 0 aliphatic carbocycles. The summed E-state index contributed by atoms with van der Waals surface area (Å²) in [6, 6.07) is 19.0. The van der Waals surface area contributed by atoms with Crippen LogP contribution in [0, 0.1) is 0 Å². The third kappa shape index (κ3) is 4.25. The van der Waals surface area contributed by atoms with Crippen LogP contribution in [0.2, 0.25) is 0 Å². The monoisotopic (exact) mass is 376 g/mol. The summed E-state index contributed by atoms with van der Waals surface area (Å²) >= 11 is 0. The minimum atomic E-state index is 0.189. The van der Waals surface area contributed by atoms with E-state index in [1.54, 1.807) is 6.92 Å². The average molecular weight is 377 g/mol. The van der Waals surface area contributed by atoms with Gasteiger partial charge in [-0.05, 0) is 30.7 Å². The second kappa shape index (κ2) is 8.57. The molecule has 1 aromatic heterocycles. The first kappa shape index (κ1) is 18.7. The summed E-state index contributed by atoms with van der Waals surface area (Å²) in [6.45, 7) is 7.21. The fraction of sp³-hybridized carbons (Fsp3) is 0.391. The van der Waals surface area contributed by atoms with Crippen LogP contribution in [0.1, 0.15) is 24.7 Å². The van der Waals surface area contributed by atoms with Crippen molar-refractivity contribution in [1.29, 1.82) is 0 Å². The first-order valence-corrected chi connectivity index (χ1v) is 10.2. The number of aromatic nitrogens is 2. The van der Waals surface area contributed by atoms with Gasteiger partial charge in [-0.3, -0.25) is 9.69 Å². The van der Waals surface area contributed by atoms with Crippen LogP contribution in [-0.2, 0) is 17.8 Å². The Bertz CT molecular complexity index is 926. The van der Waals surface area contributed by atoms with Crippen LogP contribution >= 0.6 is 0 Å². The van der Waals surface area contributed by atoms with E-state index in [1.165, 1.54) is 11.1 Å². The zero-order valence-electron chi connectivity index (χ0n) is 16.6. The number of hydrogen-bond donors (Lipinski definition) is 0. The van der Waals surface area contributed by atoms with E-state index in [2.05, 4.69) is 64.1 Å². The van der Waals surface area contributed by atoms with Gasteiger partial charge in [0.15, 0.2) is 0 Å². The van der Waals surface area contributed by atoms with Gasteiger partial charge in [-0.2, -0.15) is 0 Å². The van der Waals surface area contributed by atoms with Crippen molar-refractivity contribution in [2.75, 3.05) is 32.7 Å². The van der Waals surface area contributed by atoms with E-state index >= 15 is 0 Å². The van der Waals surface area contributed by atoms with Crippen molar-refractivity contribution in [1.82, 2.24) is 19.4 Å². The molecule has 3 aromatic rings. The highest BCUT2D eigenvalue weighted by atomic mass is 16.2. The Labute approximate surface area is 166 Å². The Morgan fingerprint density at radius 1 is 0.964 bits per heavy atom. The molecule has 1 amide bonds. The normalized spacial score (nSPS) is 15.2. The third-order valence-electron chi connectivity index (χ3n) is 5.61. The highest BCUT2D eigenvalue weighted by molar-refractivity contribution is 5.76. The largest absolute Gasteiger partial charge is 0.340 e. The standard InChI is InChI=1S/C23H28N4O/c1-19(28)26-16-14-25(15-17-26)13-7-12-23-24-21-10-5-6-11-22(21)27(23)18-20-8-3-2-4-9-20/h2-6,8-11H,7,12-18H2,1H3. The van der Waals surface area contributed by atoms with Gasteiger partial charge in [0.25, 0.3) is 0 Å². The topological polar surface area (TPSA) is 41.4 Å². The number of carbonyl (C=O) groups is 1. The van der Waals surface area contributed by atoms with Crippen molar-refractivity contribution in [2.45, 2.75) is 26.3 Å². The van der Waals surface area contributed by atoms with Gasteiger partial charge >= 0.3 is 0 Å². The third-order valence-corrected chi connectivity index (χ3v) is 5.61. The van der Waals surface area contributed by atoms with Gasteiger partial charge in [-0.1, -0.05) is 42.5 Å². The number of para-hydroxylation sites is 2. The first-order chi connectivity index (χ1) is 13.7. The van der Waals surface area contributed by atoms with E-state index in [-0.39, 0.29) is 5.91 Å². The second-order valence-electron chi connectivity index (χ2n) is 7.54. The van der Waals surface area contributed by atoms with Crippen molar-refractivity contribution >= 4 is 16.9 Å². The van der Waals surface area contributed by atoms with Gasteiger partial charge in [0, 0.05) is 46.1 Å². The molecule has 1 saturated heterocycles. The van der Waals surface area contributed by atoms with Crippen molar-refractivity contribution in [3.8, 4) is 0 Å². The molecule has 0 N–H and O–H groups in total. The molecule has 0 saturated carbocycles. The number of piperazine rings is 1. The Morgan fingerprint density at radius 3 is 2.43 bits per heavy atom. The highest BCUT2D eigenvalue weighted by Gasteiger charge is 2.18. The molecule has 5 nitrogen and oxygen atoms in total. The van der Waals surface area contributed by atoms with Crippen molar-refractivity contribution < 1.29 is 4.79 Å². The van der Waals surface area contributed by atoms with E-state index < -0.39 is 0 Å². The van der Waals surface area contributed by atoms with E-state index in [9.17, 15) is 4.79 Å². The molecule has 0 bridgehead atoms. The summed E-state index contributed by atoms with van der Waals surface area (Å²) in [4.78, 5) is 20.8. The number of aryl methyl sites for hydroxylation is 1. The molecular weight excluding hydrogens is 348 g/mol. The molecule has 2 aromatic carbocycles. The molecule has 4 rings (SSSR count). The molecule has 2 heterocycles. The van der Waals surface area contributed by atoms with E-state index in [1.807, 2.05) is 4.90 Å². The zero-order chi connectivity index (χ0) is 19.3. The fourth-order valence-electron chi connectivity index (χ4n) is 4.01. The molecule has 1 aliphatic rings. The number of rotatable bonds is 6. The predicted molar refractivity (Wildman–Crippen MR) is 112 cm³/mol. The molecule has 0 unspecified atom stereocenters. The van der Waals surface area contributed by atoms with E-state index in [0.717, 1.165) is 63.5 Å². The number of amides is 1. The Balaban J connectivity index is 1.42. The SMILES string of the molecule is CC(=O)N1CCN(CCCc2nc3ccccc3n2Cc2ccccc2)CC1. The molecule has 0 spiro atoms. The lowest BCUT2D eigenvalue weighted by Gasteiger charge is -2.34. The summed E-state index contributed by atoms with van der Waals surface area (Å²) in [5.41, 5.74) is 3.58. The minimum absolute atomic E-state index is 0.189. The lowest BCUT2D eigenvalue weighted by Crippen LogP contribution is -2.48. The van der Waals surface area contributed by atoms with Gasteiger partial charge in [0.05, 0.1) is 11.0 Å². The minimum Gasteiger partial charge on any atom is -0.340 e.